The monoisotopic (exact) mass is 310 g/mol. The van der Waals surface area contributed by atoms with E-state index in [1.165, 1.54) is 13.8 Å². The smallest absolute Gasteiger partial charge is 0.382 e. The van der Waals surface area contributed by atoms with Crippen molar-refractivity contribution in [1.29, 1.82) is 0 Å². The first-order chi connectivity index (χ1) is 9.43. The maximum atomic E-state index is 11.4. The van der Waals surface area contributed by atoms with Crippen LogP contribution >= 0.6 is 0 Å². The molecule has 0 spiro atoms. The summed E-state index contributed by atoms with van der Waals surface area (Å²) in [5.74, 6) is -10.7. The molecule has 21 heavy (non-hydrogen) atoms. The molecule has 0 rings (SSSR count). The number of ether oxygens (including phenoxy) is 3. The van der Waals surface area contributed by atoms with Crippen molar-refractivity contribution in [2.45, 2.75) is 45.1 Å². The van der Waals surface area contributed by atoms with Gasteiger partial charge in [-0.3, -0.25) is 9.59 Å². The highest BCUT2D eigenvalue weighted by atomic mass is 16.8. The Kier molecular flexibility index (Phi) is 6.70. The van der Waals surface area contributed by atoms with Gasteiger partial charge in [0, 0.05) is 6.92 Å². The summed E-state index contributed by atoms with van der Waals surface area (Å²) in [6.07, 6.45) is -2.72. The Labute approximate surface area is 119 Å². The van der Waals surface area contributed by atoms with Crippen LogP contribution in [-0.4, -0.2) is 62.8 Å². The van der Waals surface area contributed by atoms with E-state index in [2.05, 4.69) is 14.2 Å². The van der Waals surface area contributed by atoms with Crippen molar-refractivity contribution < 1.29 is 49.0 Å². The van der Waals surface area contributed by atoms with Crippen molar-refractivity contribution in [2.75, 3.05) is 6.61 Å². The predicted molar refractivity (Wildman–Crippen MR) is 62.9 cm³/mol. The molecule has 0 unspecified atom stereocenters. The van der Waals surface area contributed by atoms with Gasteiger partial charge in [-0.05, 0) is 13.8 Å². The third-order valence-corrected chi connectivity index (χ3v) is 2.13. The first kappa shape index (κ1) is 19.2. The van der Waals surface area contributed by atoms with Gasteiger partial charge in [0.05, 0.1) is 6.61 Å². The lowest BCUT2D eigenvalue weighted by atomic mass is 10.1. The topological polar surface area (TPSA) is 160 Å². The van der Waals surface area contributed by atoms with Crippen LogP contribution in [0.15, 0.2) is 0 Å². The fourth-order valence-electron chi connectivity index (χ4n) is 1.15. The minimum atomic E-state index is -3.73. The maximum absolute atomic E-state index is 11.4. The van der Waals surface area contributed by atoms with Crippen molar-refractivity contribution >= 4 is 17.9 Å². The van der Waals surface area contributed by atoms with Gasteiger partial charge in [-0.1, -0.05) is 0 Å². The van der Waals surface area contributed by atoms with E-state index < -0.39 is 42.2 Å². The highest BCUT2D eigenvalue weighted by molar-refractivity contribution is 5.79. The summed E-state index contributed by atoms with van der Waals surface area (Å²) in [5.41, 5.74) is 0. The maximum Gasteiger partial charge on any atom is 0.382 e. The highest BCUT2D eigenvalue weighted by Gasteiger charge is 2.53. The Balaban J connectivity index is 4.68. The zero-order valence-corrected chi connectivity index (χ0v) is 11.7. The molecule has 1 atom stereocenters. The molecule has 0 aromatic carbocycles. The molecule has 0 aliphatic rings. The summed E-state index contributed by atoms with van der Waals surface area (Å²) < 4.78 is 12.9. The number of hydrogen-bond donors (Lipinski definition) is 4. The number of hydrogen-bond acceptors (Lipinski definition) is 10. The summed E-state index contributed by atoms with van der Waals surface area (Å²) in [4.78, 5) is 33.2. The lowest BCUT2D eigenvalue weighted by Gasteiger charge is -2.32. The number of carbonyl (C=O) groups is 3. The van der Waals surface area contributed by atoms with Crippen molar-refractivity contribution in [3.63, 3.8) is 0 Å². The summed E-state index contributed by atoms with van der Waals surface area (Å²) in [7, 11) is 0. The first-order valence-electron chi connectivity index (χ1n) is 5.88. The number of esters is 3. The van der Waals surface area contributed by atoms with Gasteiger partial charge in [0.2, 0.25) is 0 Å². The Hall–Kier alpha value is -1.75. The molecule has 0 saturated heterocycles. The number of rotatable bonds is 7. The van der Waals surface area contributed by atoms with Gasteiger partial charge < -0.3 is 34.6 Å². The first-order valence-corrected chi connectivity index (χ1v) is 5.88. The van der Waals surface area contributed by atoms with Gasteiger partial charge in [0.15, 0.2) is 6.10 Å². The van der Waals surface area contributed by atoms with Gasteiger partial charge in [0.1, 0.15) is 6.42 Å². The third-order valence-electron chi connectivity index (χ3n) is 2.13. The Bertz CT molecular complexity index is 400. The molecule has 122 valence electrons. The predicted octanol–water partition coefficient (Wildman–Crippen LogP) is -2.25. The van der Waals surface area contributed by atoms with E-state index in [0.717, 1.165) is 6.92 Å². The Morgan fingerprint density at radius 2 is 1.67 bits per heavy atom. The van der Waals surface area contributed by atoms with Crippen LogP contribution in [0.25, 0.3) is 0 Å². The quantitative estimate of drug-likeness (QED) is 0.230. The summed E-state index contributed by atoms with van der Waals surface area (Å²) in [6.45, 7) is 3.53. The molecular weight excluding hydrogens is 292 g/mol. The number of aliphatic hydroxyl groups is 4. The van der Waals surface area contributed by atoms with Crippen LogP contribution in [0.5, 0.6) is 0 Å². The van der Waals surface area contributed by atoms with Crippen LogP contribution in [-0.2, 0) is 28.6 Å². The average molecular weight is 310 g/mol. The van der Waals surface area contributed by atoms with Crippen LogP contribution in [0.4, 0.5) is 0 Å². The van der Waals surface area contributed by atoms with Crippen LogP contribution in [0.2, 0.25) is 0 Å². The molecular formula is C11H18O10. The zero-order chi connectivity index (χ0) is 16.8. The van der Waals surface area contributed by atoms with Crippen molar-refractivity contribution in [2.24, 2.45) is 0 Å². The second-order valence-corrected chi connectivity index (χ2v) is 4.08. The lowest BCUT2D eigenvalue weighted by Crippen LogP contribution is -2.58. The molecule has 0 radical (unpaired) electrons. The second kappa shape index (κ2) is 7.31. The van der Waals surface area contributed by atoms with E-state index in [0.29, 0.717) is 0 Å². The Morgan fingerprint density at radius 1 is 1.14 bits per heavy atom. The van der Waals surface area contributed by atoms with E-state index >= 15 is 0 Å². The highest BCUT2D eigenvalue weighted by Crippen LogP contribution is 2.23. The minimum Gasteiger partial charge on any atom is -0.463 e. The van der Waals surface area contributed by atoms with Gasteiger partial charge in [-0.15, -0.1) is 0 Å². The summed E-state index contributed by atoms with van der Waals surface area (Å²) in [6, 6.07) is 0. The molecule has 10 heteroatoms. The molecule has 0 saturated carbocycles. The minimum absolute atomic E-state index is 0.0491. The molecule has 0 bridgehead atoms. The largest absolute Gasteiger partial charge is 0.463 e. The van der Waals surface area contributed by atoms with Crippen molar-refractivity contribution in [3.05, 3.63) is 0 Å². The fourth-order valence-corrected chi connectivity index (χ4v) is 1.15. The van der Waals surface area contributed by atoms with Crippen LogP contribution < -0.4 is 0 Å². The van der Waals surface area contributed by atoms with Crippen LogP contribution in [0, 0.1) is 0 Å². The van der Waals surface area contributed by atoms with Crippen LogP contribution in [0.3, 0.4) is 0 Å². The molecule has 0 amide bonds. The number of carbonyl (C=O) groups excluding carboxylic acids is 3. The van der Waals surface area contributed by atoms with E-state index in [1.54, 1.807) is 0 Å². The fraction of sp³-hybridized carbons (Fsp3) is 0.727. The van der Waals surface area contributed by atoms with Crippen molar-refractivity contribution in [1.82, 2.24) is 0 Å². The summed E-state index contributed by atoms with van der Waals surface area (Å²) in [5, 5.41) is 37.2. The normalized spacial score (nSPS) is 13.3. The molecule has 0 aliphatic heterocycles. The van der Waals surface area contributed by atoms with Gasteiger partial charge in [-0.25, -0.2) is 4.79 Å². The molecule has 0 fully saturated rings. The summed E-state index contributed by atoms with van der Waals surface area (Å²) >= 11 is 0. The van der Waals surface area contributed by atoms with Gasteiger partial charge in [-0.2, -0.15) is 0 Å². The third kappa shape index (κ3) is 6.04. The van der Waals surface area contributed by atoms with Gasteiger partial charge in [0.25, 0.3) is 5.79 Å². The molecule has 0 aliphatic carbocycles. The second-order valence-electron chi connectivity index (χ2n) is 4.08. The van der Waals surface area contributed by atoms with Crippen LogP contribution in [0.1, 0.15) is 27.2 Å². The average Bonchev–Trinajstić information content (AvgIpc) is 2.25. The van der Waals surface area contributed by atoms with E-state index in [-0.39, 0.29) is 6.61 Å². The van der Waals surface area contributed by atoms with Crippen molar-refractivity contribution in [3.8, 4) is 0 Å². The zero-order valence-electron chi connectivity index (χ0n) is 11.7. The lowest BCUT2D eigenvalue weighted by molar-refractivity contribution is -0.444. The molecule has 0 aromatic rings. The van der Waals surface area contributed by atoms with E-state index in [4.69, 9.17) is 0 Å². The van der Waals surface area contributed by atoms with E-state index in [9.17, 15) is 34.8 Å². The van der Waals surface area contributed by atoms with Gasteiger partial charge >= 0.3 is 23.9 Å². The molecule has 0 heterocycles. The van der Waals surface area contributed by atoms with E-state index in [1.807, 2.05) is 0 Å². The molecule has 0 aromatic heterocycles. The molecule has 4 N–H and O–H groups in total. The standard InChI is InChI=1S/C11H18O10/c1-4-19-9(14)6(2)20-8(13)5-10(15,16)11(17,18)21-7(3)12/h6,15-18H,4-5H2,1-3H3/t6-/m0/s1. The SMILES string of the molecule is CCOC(=O)[C@H](C)OC(=O)CC(O)(O)C(O)(O)OC(C)=O. The molecule has 10 nitrogen and oxygen atoms in total. The Morgan fingerprint density at radius 3 is 2.10 bits per heavy atom.